The topological polar surface area (TPSA) is 157 Å². The van der Waals surface area contributed by atoms with Gasteiger partial charge in [-0.05, 0) is 55.7 Å². The molecular formula is C31H28ClF3N8O5S. The molecule has 0 radical (unpaired) electrons. The van der Waals surface area contributed by atoms with Gasteiger partial charge in [0.05, 0.1) is 39.8 Å². The lowest BCUT2D eigenvalue weighted by atomic mass is 9.85. The Morgan fingerprint density at radius 3 is 2.67 bits per heavy atom. The minimum Gasteiger partial charge on any atom is -0.504 e. The van der Waals surface area contributed by atoms with Crippen molar-refractivity contribution in [3.8, 4) is 5.75 Å². The molecule has 1 aromatic carbocycles. The van der Waals surface area contributed by atoms with E-state index in [1.165, 1.54) is 15.8 Å². The lowest BCUT2D eigenvalue weighted by Gasteiger charge is -2.38. The zero-order valence-electron chi connectivity index (χ0n) is 25.9. The highest BCUT2D eigenvalue weighted by Crippen LogP contribution is 2.43. The molecule has 6 heterocycles. The lowest BCUT2D eigenvalue weighted by Crippen LogP contribution is -2.47. The van der Waals surface area contributed by atoms with Crippen LogP contribution in [0.5, 0.6) is 5.75 Å². The normalized spacial score (nSPS) is 17.3. The van der Waals surface area contributed by atoms with Gasteiger partial charge in [0, 0.05) is 18.8 Å². The summed E-state index contributed by atoms with van der Waals surface area (Å²) in [6.07, 6.45) is -0.251. The monoisotopic (exact) mass is 716 g/mol. The van der Waals surface area contributed by atoms with Crippen LogP contribution in [0.2, 0.25) is 5.02 Å². The number of rotatable bonds is 5. The highest BCUT2D eigenvalue weighted by Gasteiger charge is 2.48. The first-order valence-corrected chi connectivity index (χ1v) is 16.8. The van der Waals surface area contributed by atoms with Crippen molar-refractivity contribution in [3.63, 3.8) is 0 Å². The molecule has 2 N–H and O–H groups in total. The summed E-state index contributed by atoms with van der Waals surface area (Å²) in [5, 5.41) is 17.2. The maximum atomic E-state index is 14.2. The smallest absolute Gasteiger partial charge is 0.416 e. The van der Waals surface area contributed by atoms with Crippen molar-refractivity contribution >= 4 is 52.2 Å². The van der Waals surface area contributed by atoms with Crippen LogP contribution in [-0.4, -0.2) is 75.5 Å². The molecule has 13 nitrogen and oxygen atoms in total. The zero-order valence-corrected chi connectivity index (χ0v) is 27.5. The van der Waals surface area contributed by atoms with E-state index in [0.717, 1.165) is 39.8 Å². The fraction of sp³-hybridized carbons (Fsp3) is 0.387. The molecule has 0 aliphatic carbocycles. The molecule has 256 valence electrons. The number of fused-ring (bicyclic) bond motifs is 3. The first-order chi connectivity index (χ1) is 23.4. The molecule has 3 aromatic heterocycles. The minimum absolute atomic E-state index is 0.0185. The van der Waals surface area contributed by atoms with Gasteiger partial charge in [0.2, 0.25) is 11.7 Å². The number of nitrogens with one attached hydrogen (secondary N) is 1. The largest absolute Gasteiger partial charge is 0.504 e. The number of anilines is 1. The van der Waals surface area contributed by atoms with Gasteiger partial charge in [-0.15, -0.1) is 5.10 Å². The number of carbonyl (C=O) groups excluding carboxylic acids is 2. The first-order valence-electron chi connectivity index (χ1n) is 15.3. The number of piperidine rings is 1. The van der Waals surface area contributed by atoms with Crippen molar-refractivity contribution in [3.05, 3.63) is 80.0 Å². The number of aromatic hydroxyl groups is 1. The van der Waals surface area contributed by atoms with Crippen LogP contribution in [0.15, 0.2) is 35.4 Å². The number of allylic oxidation sites excluding steroid dienone is 1. The van der Waals surface area contributed by atoms with Gasteiger partial charge in [-0.25, -0.2) is 9.97 Å². The fourth-order valence-corrected chi connectivity index (χ4v) is 7.46. The van der Waals surface area contributed by atoms with Crippen LogP contribution in [0, 0.1) is 6.92 Å². The number of likely N-dealkylation sites (tertiary alicyclic amines) is 1. The number of halogens is 4. The molecule has 0 unspecified atom stereocenters. The Labute approximate surface area is 285 Å². The zero-order chi connectivity index (χ0) is 34.7. The Kier molecular flexibility index (Phi) is 8.39. The number of ether oxygens (including phenoxy) is 1. The van der Waals surface area contributed by atoms with Crippen LogP contribution >= 0.6 is 23.4 Å². The highest BCUT2D eigenvalue weighted by atomic mass is 35.5. The third-order valence-electron chi connectivity index (χ3n) is 8.98. The summed E-state index contributed by atoms with van der Waals surface area (Å²) in [6, 6.07) is 2.63. The predicted octanol–water partition coefficient (Wildman–Crippen LogP) is 4.19. The molecule has 1 spiro atoms. The van der Waals surface area contributed by atoms with E-state index < -0.39 is 34.7 Å². The maximum absolute atomic E-state index is 14.2. The molecule has 7 rings (SSSR count). The summed E-state index contributed by atoms with van der Waals surface area (Å²) >= 11 is 7.86. The lowest BCUT2D eigenvalue weighted by molar-refractivity contribution is -0.137. The number of aromatic nitrogens is 6. The fourth-order valence-electron chi connectivity index (χ4n) is 6.38. The van der Waals surface area contributed by atoms with Crippen molar-refractivity contribution < 1.29 is 32.6 Å². The number of thioether (sulfide) groups is 1. The van der Waals surface area contributed by atoms with E-state index in [-0.39, 0.29) is 78.3 Å². The molecule has 4 aromatic rings. The molecule has 3 aliphatic rings. The Bertz CT molecular complexity index is 2110. The third kappa shape index (κ3) is 5.93. The average molecular weight is 717 g/mol. The summed E-state index contributed by atoms with van der Waals surface area (Å²) in [7, 11) is 0. The number of alkyl halides is 3. The number of amides is 2. The van der Waals surface area contributed by atoms with Crippen molar-refractivity contribution in [2.75, 3.05) is 29.9 Å². The summed E-state index contributed by atoms with van der Waals surface area (Å²) in [5.41, 5.74) is -0.832. The molecular weight excluding hydrogens is 689 g/mol. The molecule has 0 atom stereocenters. The van der Waals surface area contributed by atoms with E-state index in [1.807, 2.05) is 6.08 Å². The number of hydrogen-bond donors (Lipinski definition) is 2. The molecule has 3 aliphatic heterocycles. The van der Waals surface area contributed by atoms with Gasteiger partial charge in [-0.1, -0.05) is 17.7 Å². The van der Waals surface area contributed by atoms with E-state index in [4.69, 9.17) is 16.3 Å². The molecule has 2 amide bonds. The molecule has 0 saturated carbocycles. The maximum Gasteiger partial charge on any atom is 0.416 e. The van der Waals surface area contributed by atoms with Crippen LogP contribution in [0.1, 0.15) is 58.1 Å². The van der Waals surface area contributed by atoms with Crippen molar-refractivity contribution in [1.82, 2.24) is 34.0 Å². The molecule has 49 heavy (non-hydrogen) atoms. The second-order valence-electron chi connectivity index (χ2n) is 11.9. The van der Waals surface area contributed by atoms with Crippen molar-refractivity contribution in [1.29, 1.82) is 0 Å². The summed E-state index contributed by atoms with van der Waals surface area (Å²) in [6.45, 7) is 1.49. The first kappa shape index (κ1) is 33.0. The highest BCUT2D eigenvalue weighted by molar-refractivity contribution is 7.99. The van der Waals surface area contributed by atoms with E-state index >= 15 is 0 Å². The van der Waals surface area contributed by atoms with Gasteiger partial charge in [0.1, 0.15) is 18.5 Å². The number of aryl methyl sites for hydroxylation is 1. The molecule has 18 heteroatoms. The number of hydrogen-bond acceptors (Lipinski definition) is 10. The standard InChI is InChI=1S/C31H28ClF3N8O5S/c1-16-25(45)24(37-15-36-16)28(47)41-8-6-30(7-9-41)23-21(14-48-30)42(13-22(44)38-20-3-2-18(12-19(20)32)31(33,34)35)29-39-26(40-43(29)27(23)46)17-4-10-49-11-5-17/h2-4,12,15,45H,5-11,13-14H2,1H3,(H,38,44). The summed E-state index contributed by atoms with van der Waals surface area (Å²) in [5.74, 6) is 0.670. The summed E-state index contributed by atoms with van der Waals surface area (Å²) < 4.78 is 48.5. The number of carbonyl (C=O) groups is 2. The van der Waals surface area contributed by atoms with Crippen LogP contribution in [0.25, 0.3) is 11.4 Å². The predicted molar refractivity (Wildman–Crippen MR) is 172 cm³/mol. The van der Waals surface area contributed by atoms with Gasteiger partial charge in [-0.2, -0.15) is 34.4 Å². The van der Waals surface area contributed by atoms with Crippen LogP contribution < -0.4 is 10.9 Å². The minimum atomic E-state index is -4.61. The second-order valence-corrected chi connectivity index (χ2v) is 13.4. The van der Waals surface area contributed by atoms with Gasteiger partial charge < -0.3 is 24.6 Å². The van der Waals surface area contributed by atoms with Crippen LogP contribution in [-0.2, 0) is 34.5 Å². The summed E-state index contributed by atoms with van der Waals surface area (Å²) in [4.78, 5) is 55.0. The van der Waals surface area contributed by atoms with Crippen LogP contribution in [0.4, 0.5) is 18.9 Å². The Morgan fingerprint density at radius 1 is 1.20 bits per heavy atom. The van der Waals surface area contributed by atoms with Gasteiger partial charge in [-0.3, -0.25) is 14.4 Å². The SMILES string of the molecule is Cc1ncnc(C(=O)N2CCC3(CC2)OCc2c3c(=O)n3nc(C4=CCSCC4)nc3n2CC(=O)Nc2ccc(C(F)(F)F)cc2Cl)c1O. The number of nitrogens with zero attached hydrogens (tertiary/aromatic N) is 7. The second kappa shape index (κ2) is 12.4. The van der Waals surface area contributed by atoms with E-state index in [0.29, 0.717) is 17.9 Å². The third-order valence-corrected chi connectivity index (χ3v) is 10.2. The Morgan fingerprint density at radius 2 is 1.98 bits per heavy atom. The van der Waals surface area contributed by atoms with Crippen molar-refractivity contribution in [2.45, 2.75) is 51.1 Å². The average Bonchev–Trinajstić information content (AvgIpc) is 3.69. The molecule has 1 saturated heterocycles. The van der Waals surface area contributed by atoms with Crippen molar-refractivity contribution in [2.24, 2.45) is 0 Å². The van der Waals surface area contributed by atoms with E-state index in [9.17, 15) is 32.7 Å². The Balaban J connectivity index is 1.23. The number of benzene rings is 1. The Hall–Kier alpha value is -4.48. The quantitative estimate of drug-likeness (QED) is 0.307. The van der Waals surface area contributed by atoms with Gasteiger partial charge in [0.15, 0.2) is 17.3 Å². The van der Waals surface area contributed by atoms with E-state index in [1.54, 1.807) is 18.7 Å². The van der Waals surface area contributed by atoms with E-state index in [2.05, 4.69) is 25.4 Å². The van der Waals surface area contributed by atoms with Gasteiger partial charge in [0.25, 0.3) is 11.5 Å². The molecule has 0 bridgehead atoms. The molecule has 1 fully saturated rings. The van der Waals surface area contributed by atoms with Crippen LogP contribution in [0.3, 0.4) is 0 Å². The van der Waals surface area contributed by atoms with Gasteiger partial charge >= 0.3 is 6.18 Å².